The molecule has 4 atom stereocenters. The highest BCUT2D eigenvalue weighted by Crippen LogP contribution is 2.52. The Labute approximate surface area is 161 Å². The number of amides is 3. The average molecular weight is 373 g/mol. The van der Waals surface area contributed by atoms with E-state index >= 15 is 0 Å². The maximum atomic E-state index is 12.7. The van der Waals surface area contributed by atoms with Crippen molar-refractivity contribution in [1.29, 1.82) is 0 Å². The van der Waals surface area contributed by atoms with Crippen molar-refractivity contribution < 1.29 is 14.4 Å². The van der Waals surface area contributed by atoms with Crippen LogP contribution in [-0.2, 0) is 14.4 Å². The number of nitrogens with one attached hydrogen (secondary N) is 1. The molecule has 27 heavy (non-hydrogen) atoms. The van der Waals surface area contributed by atoms with E-state index in [9.17, 15) is 14.4 Å². The van der Waals surface area contributed by atoms with Gasteiger partial charge in [-0.15, -0.1) is 0 Å². The Hall–Kier alpha value is -1.65. The second kappa shape index (κ2) is 6.75. The molecule has 2 bridgehead atoms. The molecule has 2 saturated carbocycles. The quantitative estimate of drug-likeness (QED) is 0.609. The highest BCUT2D eigenvalue weighted by Gasteiger charge is 2.58. The van der Waals surface area contributed by atoms with E-state index in [0.717, 1.165) is 32.1 Å². The average Bonchev–Trinajstić information content (AvgIpc) is 3.30. The van der Waals surface area contributed by atoms with Crippen LogP contribution in [0.5, 0.6) is 0 Å². The van der Waals surface area contributed by atoms with Gasteiger partial charge in [-0.25, -0.2) is 0 Å². The SMILES string of the molecule is CC(C)(C)C1CCC(C(=O)NCCN2C(=O)[C@@H]3[C@@H](C2=O)[C@H]2C=C[C@H]3C2)CC1. The predicted octanol–water partition coefficient (Wildman–Crippen LogP) is 2.76. The summed E-state index contributed by atoms with van der Waals surface area (Å²) in [4.78, 5) is 39.2. The topological polar surface area (TPSA) is 66.5 Å². The number of nitrogens with zero attached hydrogens (tertiary/aromatic N) is 1. The van der Waals surface area contributed by atoms with Gasteiger partial charge >= 0.3 is 0 Å². The monoisotopic (exact) mass is 372 g/mol. The summed E-state index contributed by atoms with van der Waals surface area (Å²) >= 11 is 0. The first kappa shape index (κ1) is 18.7. The van der Waals surface area contributed by atoms with Gasteiger partial charge < -0.3 is 5.32 Å². The maximum absolute atomic E-state index is 12.7. The summed E-state index contributed by atoms with van der Waals surface area (Å²) in [6.07, 6.45) is 9.25. The molecule has 1 heterocycles. The Morgan fingerprint density at radius 3 is 2.11 bits per heavy atom. The Bertz CT molecular complexity index is 640. The molecule has 4 rings (SSSR count). The summed E-state index contributed by atoms with van der Waals surface area (Å²) < 4.78 is 0. The predicted molar refractivity (Wildman–Crippen MR) is 102 cm³/mol. The number of allylic oxidation sites excluding steroid dienone is 2. The lowest BCUT2D eigenvalue weighted by atomic mass is 9.70. The van der Waals surface area contributed by atoms with E-state index < -0.39 is 0 Å². The largest absolute Gasteiger partial charge is 0.354 e. The van der Waals surface area contributed by atoms with Gasteiger partial charge in [-0.1, -0.05) is 32.9 Å². The lowest BCUT2D eigenvalue weighted by molar-refractivity contribution is -0.141. The number of hydrogen-bond acceptors (Lipinski definition) is 3. The van der Waals surface area contributed by atoms with Gasteiger partial charge in [0.15, 0.2) is 0 Å². The van der Waals surface area contributed by atoms with Crippen LogP contribution in [-0.4, -0.2) is 35.7 Å². The van der Waals surface area contributed by atoms with Crippen LogP contribution in [0.4, 0.5) is 0 Å². The number of fused-ring (bicyclic) bond motifs is 5. The summed E-state index contributed by atoms with van der Waals surface area (Å²) in [6.45, 7) is 7.52. The number of carbonyl (C=O) groups is 3. The van der Waals surface area contributed by atoms with Crippen LogP contribution >= 0.6 is 0 Å². The Kier molecular flexibility index (Phi) is 4.68. The van der Waals surface area contributed by atoms with Gasteiger partial charge in [-0.2, -0.15) is 0 Å². The van der Waals surface area contributed by atoms with E-state index in [0.29, 0.717) is 24.4 Å². The van der Waals surface area contributed by atoms with Crippen LogP contribution in [0.3, 0.4) is 0 Å². The number of carbonyl (C=O) groups excluding carboxylic acids is 3. The number of hydrogen-bond donors (Lipinski definition) is 1. The summed E-state index contributed by atoms with van der Waals surface area (Å²) in [5, 5.41) is 2.98. The molecule has 0 aromatic carbocycles. The van der Waals surface area contributed by atoms with Gasteiger partial charge in [-0.05, 0) is 55.3 Å². The Balaban J connectivity index is 1.24. The molecule has 1 N–H and O–H groups in total. The molecular weight excluding hydrogens is 340 g/mol. The highest BCUT2D eigenvalue weighted by atomic mass is 16.2. The first-order chi connectivity index (χ1) is 12.8. The molecule has 1 aliphatic heterocycles. The first-order valence-electron chi connectivity index (χ1n) is 10.6. The van der Waals surface area contributed by atoms with E-state index in [2.05, 4.69) is 38.2 Å². The number of rotatable bonds is 4. The fourth-order valence-electron chi connectivity index (χ4n) is 5.84. The Morgan fingerprint density at radius 2 is 1.59 bits per heavy atom. The van der Waals surface area contributed by atoms with Gasteiger partial charge in [0.2, 0.25) is 17.7 Å². The fourth-order valence-corrected chi connectivity index (χ4v) is 5.84. The van der Waals surface area contributed by atoms with Gasteiger partial charge in [-0.3, -0.25) is 19.3 Å². The zero-order valence-corrected chi connectivity index (χ0v) is 16.7. The van der Waals surface area contributed by atoms with Crippen LogP contribution in [0, 0.1) is 40.9 Å². The second-order valence-corrected chi connectivity index (χ2v) is 10.0. The van der Waals surface area contributed by atoms with Crippen molar-refractivity contribution in [3.05, 3.63) is 12.2 Å². The summed E-state index contributed by atoms with van der Waals surface area (Å²) in [7, 11) is 0. The van der Waals surface area contributed by atoms with Gasteiger partial charge in [0.25, 0.3) is 0 Å². The normalized spacial score (nSPS) is 37.8. The van der Waals surface area contributed by atoms with E-state index in [4.69, 9.17) is 0 Å². The molecule has 148 valence electrons. The van der Waals surface area contributed by atoms with E-state index in [1.54, 1.807) is 0 Å². The molecule has 0 aromatic heterocycles. The molecule has 0 unspecified atom stereocenters. The van der Waals surface area contributed by atoms with E-state index in [-0.39, 0.29) is 47.3 Å². The van der Waals surface area contributed by atoms with Crippen molar-refractivity contribution in [2.45, 2.75) is 52.9 Å². The molecule has 0 aromatic rings. The summed E-state index contributed by atoms with van der Waals surface area (Å²) in [6, 6.07) is 0. The third kappa shape index (κ3) is 3.23. The van der Waals surface area contributed by atoms with E-state index in [1.165, 1.54) is 4.90 Å². The maximum Gasteiger partial charge on any atom is 0.233 e. The minimum absolute atomic E-state index is 0.0261. The molecular formula is C22H32N2O3. The Morgan fingerprint density at radius 1 is 1.04 bits per heavy atom. The molecule has 0 radical (unpaired) electrons. The van der Waals surface area contributed by atoms with Crippen molar-refractivity contribution in [2.24, 2.45) is 40.9 Å². The van der Waals surface area contributed by atoms with Crippen molar-refractivity contribution in [3.8, 4) is 0 Å². The molecule has 5 heteroatoms. The molecule has 5 nitrogen and oxygen atoms in total. The number of imide groups is 1. The number of likely N-dealkylation sites (tertiary alicyclic amines) is 1. The second-order valence-electron chi connectivity index (χ2n) is 10.0. The summed E-state index contributed by atoms with van der Waals surface area (Å²) in [5.41, 5.74) is 0.310. The smallest absolute Gasteiger partial charge is 0.233 e. The third-order valence-corrected chi connectivity index (χ3v) is 7.52. The van der Waals surface area contributed by atoms with Crippen LogP contribution in [0.2, 0.25) is 0 Å². The highest BCUT2D eigenvalue weighted by molar-refractivity contribution is 6.06. The van der Waals surface area contributed by atoms with Crippen molar-refractivity contribution >= 4 is 17.7 Å². The van der Waals surface area contributed by atoms with Crippen molar-refractivity contribution in [3.63, 3.8) is 0 Å². The molecule has 1 saturated heterocycles. The first-order valence-corrected chi connectivity index (χ1v) is 10.6. The zero-order chi connectivity index (χ0) is 19.3. The van der Waals surface area contributed by atoms with Crippen LogP contribution in [0.1, 0.15) is 52.9 Å². The lowest BCUT2D eigenvalue weighted by Gasteiger charge is -2.36. The molecule has 4 aliphatic rings. The van der Waals surface area contributed by atoms with E-state index in [1.807, 2.05) is 0 Å². The standard InChI is InChI=1S/C22H32N2O3/c1-22(2,3)16-8-6-13(7-9-16)19(25)23-10-11-24-20(26)17-14-4-5-15(12-14)18(17)21(24)27/h4-5,13-18H,6-12H2,1-3H3,(H,23,25)/t13?,14-,15-,16?,17-,18-/m0/s1. The molecule has 3 aliphatic carbocycles. The molecule has 3 fully saturated rings. The third-order valence-electron chi connectivity index (χ3n) is 7.52. The van der Waals surface area contributed by atoms with Gasteiger partial charge in [0.1, 0.15) is 0 Å². The van der Waals surface area contributed by atoms with Crippen LogP contribution < -0.4 is 5.32 Å². The summed E-state index contributed by atoms with van der Waals surface area (Å²) in [5.74, 6) is 1.000. The van der Waals surface area contributed by atoms with Gasteiger partial charge in [0.05, 0.1) is 11.8 Å². The van der Waals surface area contributed by atoms with Crippen molar-refractivity contribution in [1.82, 2.24) is 10.2 Å². The van der Waals surface area contributed by atoms with Gasteiger partial charge in [0, 0.05) is 19.0 Å². The zero-order valence-electron chi connectivity index (χ0n) is 16.7. The minimum atomic E-state index is -0.143. The van der Waals surface area contributed by atoms with Crippen LogP contribution in [0.25, 0.3) is 0 Å². The minimum Gasteiger partial charge on any atom is -0.354 e. The molecule has 0 spiro atoms. The fraction of sp³-hybridized carbons (Fsp3) is 0.773. The molecule has 3 amide bonds. The van der Waals surface area contributed by atoms with Crippen molar-refractivity contribution in [2.75, 3.05) is 13.1 Å². The lowest BCUT2D eigenvalue weighted by Crippen LogP contribution is -2.42. The van der Waals surface area contributed by atoms with Crippen LogP contribution in [0.15, 0.2) is 12.2 Å².